The number of amides is 2. The average molecular weight is 466 g/mol. The molecule has 0 fully saturated rings. The monoisotopic (exact) mass is 465 g/mol. The van der Waals surface area contributed by atoms with E-state index in [0.717, 1.165) is 33.5 Å². The van der Waals surface area contributed by atoms with Crippen molar-refractivity contribution >= 4 is 39.8 Å². The van der Waals surface area contributed by atoms with Crippen molar-refractivity contribution in [3.8, 4) is 16.9 Å². The van der Waals surface area contributed by atoms with Crippen molar-refractivity contribution in [1.29, 1.82) is 0 Å². The standard InChI is InChI=1S/C26H23N7O2/c1-33-15-18(14-29-33)17-6-11-23-24(12-17)27-16-28-25(23)30-20-4-3-5-21(13-20)32-26(34)31-19-7-9-22(35-2)10-8-19/h3-16H,1-2H3,(H,27,28,30)(H2,31,32,34). The molecule has 35 heavy (non-hydrogen) atoms. The summed E-state index contributed by atoms with van der Waals surface area (Å²) in [5, 5.41) is 14.1. The van der Waals surface area contributed by atoms with Crippen molar-refractivity contribution < 1.29 is 9.53 Å². The number of anilines is 4. The van der Waals surface area contributed by atoms with Gasteiger partial charge in [0.25, 0.3) is 0 Å². The molecule has 5 aromatic rings. The number of carbonyl (C=O) groups is 1. The van der Waals surface area contributed by atoms with Gasteiger partial charge in [-0.2, -0.15) is 5.10 Å². The zero-order valence-corrected chi connectivity index (χ0v) is 19.2. The number of hydrogen-bond acceptors (Lipinski definition) is 6. The van der Waals surface area contributed by atoms with Gasteiger partial charge in [0.2, 0.25) is 0 Å². The molecule has 3 aromatic carbocycles. The Hall–Kier alpha value is -4.92. The number of nitrogens with zero attached hydrogens (tertiary/aromatic N) is 4. The highest BCUT2D eigenvalue weighted by Crippen LogP contribution is 2.28. The molecular formula is C26H23N7O2. The van der Waals surface area contributed by atoms with Gasteiger partial charge in [0.15, 0.2) is 0 Å². The zero-order valence-electron chi connectivity index (χ0n) is 19.2. The number of benzene rings is 3. The first-order valence-electron chi connectivity index (χ1n) is 10.9. The maximum absolute atomic E-state index is 12.4. The predicted molar refractivity (Wildman–Crippen MR) is 137 cm³/mol. The lowest BCUT2D eigenvalue weighted by molar-refractivity contribution is 0.262. The van der Waals surface area contributed by atoms with E-state index in [1.807, 2.05) is 61.9 Å². The number of fused-ring (bicyclic) bond motifs is 1. The van der Waals surface area contributed by atoms with Crippen LogP contribution < -0.4 is 20.7 Å². The van der Waals surface area contributed by atoms with E-state index in [0.29, 0.717) is 17.2 Å². The summed E-state index contributed by atoms with van der Waals surface area (Å²) in [7, 11) is 3.49. The number of nitrogens with one attached hydrogen (secondary N) is 3. The van der Waals surface area contributed by atoms with Gasteiger partial charge < -0.3 is 20.7 Å². The maximum atomic E-state index is 12.4. The molecule has 0 bridgehead atoms. The molecule has 2 aromatic heterocycles. The molecule has 2 amide bonds. The minimum atomic E-state index is -0.345. The molecule has 0 aliphatic rings. The largest absolute Gasteiger partial charge is 0.497 e. The molecule has 0 unspecified atom stereocenters. The fourth-order valence-corrected chi connectivity index (χ4v) is 3.69. The van der Waals surface area contributed by atoms with E-state index in [4.69, 9.17) is 4.74 Å². The Morgan fingerprint density at radius 3 is 2.46 bits per heavy atom. The Morgan fingerprint density at radius 1 is 0.886 bits per heavy atom. The first-order valence-corrected chi connectivity index (χ1v) is 10.9. The first kappa shape index (κ1) is 21.9. The number of methoxy groups -OCH3 is 1. The Balaban J connectivity index is 1.31. The first-order chi connectivity index (χ1) is 17.1. The molecule has 9 heteroatoms. The lowest BCUT2D eigenvalue weighted by Gasteiger charge is -2.12. The van der Waals surface area contributed by atoms with Crippen molar-refractivity contribution in [3.63, 3.8) is 0 Å². The second-order valence-corrected chi connectivity index (χ2v) is 7.87. The highest BCUT2D eigenvalue weighted by Gasteiger charge is 2.09. The second-order valence-electron chi connectivity index (χ2n) is 7.87. The summed E-state index contributed by atoms with van der Waals surface area (Å²) < 4.78 is 6.91. The van der Waals surface area contributed by atoms with Crippen LogP contribution in [0.5, 0.6) is 5.75 Å². The number of urea groups is 1. The molecule has 3 N–H and O–H groups in total. The van der Waals surface area contributed by atoms with Gasteiger partial charge in [0.1, 0.15) is 17.9 Å². The van der Waals surface area contributed by atoms with Crippen LogP contribution in [0.15, 0.2) is 85.5 Å². The molecule has 0 spiro atoms. The van der Waals surface area contributed by atoms with Crippen molar-refractivity contribution in [2.75, 3.05) is 23.1 Å². The van der Waals surface area contributed by atoms with E-state index in [2.05, 4.69) is 31.0 Å². The van der Waals surface area contributed by atoms with Crippen LogP contribution in [-0.2, 0) is 7.05 Å². The molecule has 0 saturated carbocycles. The summed E-state index contributed by atoms with van der Waals surface area (Å²) in [6, 6.07) is 20.2. The molecule has 0 aliphatic carbocycles. The van der Waals surface area contributed by atoms with E-state index in [1.54, 1.807) is 36.1 Å². The third-order valence-corrected chi connectivity index (χ3v) is 5.41. The molecular weight excluding hydrogens is 442 g/mol. The van der Waals surface area contributed by atoms with Crippen LogP contribution in [-0.4, -0.2) is 32.9 Å². The van der Waals surface area contributed by atoms with Crippen LogP contribution in [0.3, 0.4) is 0 Å². The van der Waals surface area contributed by atoms with Crippen LogP contribution in [0, 0.1) is 0 Å². The van der Waals surface area contributed by atoms with Gasteiger partial charge in [-0.15, -0.1) is 0 Å². The molecule has 9 nitrogen and oxygen atoms in total. The lowest BCUT2D eigenvalue weighted by Crippen LogP contribution is -2.19. The van der Waals surface area contributed by atoms with Crippen molar-refractivity contribution in [2.45, 2.75) is 0 Å². The summed E-state index contributed by atoms with van der Waals surface area (Å²) in [5.41, 5.74) is 4.95. The summed E-state index contributed by atoms with van der Waals surface area (Å²) >= 11 is 0. The van der Waals surface area contributed by atoms with Gasteiger partial charge >= 0.3 is 6.03 Å². The van der Waals surface area contributed by atoms with E-state index in [-0.39, 0.29) is 6.03 Å². The van der Waals surface area contributed by atoms with Gasteiger partial charge in [-0.05, 0) is 60.2 Å². The van der Waals surface area contributed by atoms with Crippen molar-refractivity contribution in [2.24, 2.45) is 7.05 Å². The lowest BCUT2D eigenvalue weighted by atomic mass is 10.1. The van der Waals surface area contributed by atoms with E-state index in [9.17, 15) is 4.79 Å². The van der Waals surface area contributed by atoms with Crippen LogP contribution in [0.4, 0.5) is 27.7 Å². The van der Waals surface area contributed by atoms with Gasteiger partial charge in [0.05, 0.1) is 18.8 Å². The highest BCUT2D eigenvalue weighted by molar-refractivity contribution is 6.00. The molecule has 0 saturated heterocycles. The van der Waals surface area contributed by atoms with Crippen LogP contribution in [0.2, 0.25) is 0 Å². The zero-order chi connectivity index (χ0) is 24.2. The molecule has 5 rings (SSSR count). The molecule has 174 valence electrons. The van der Waals surface area contributed by atoms with E-state index >= 15 is 0 Å². The summed E-state index contributed by atoms with van der Waals surface area (Å²) in [6.07, 6.45) is 5.32. The van der Waals surface area contributed by atoms with Crippen LogP contribution in [0.25, 0.3) is 22.0 Å². The van der Waals surface area contributed by atoms with Gasteiger partial charge in [-0.25, -0.2) is 14.8 Å². The topological polar surface area (TPSA) is 106 Å². The third-order valence-electron chi connectivity index (χ3n) is 5.41. The van der Waals surface area contributed by atoms with Gasteiger partial charge in [-0.1, -0.05) is 12.1 Å². The summed E-state index contributed by atoms with van der Waals surface area (Å²) in [6.45, 7) is 0. The Kier molecular flexibility index (Phi) is 5.96. The number of aryl methyl sites for hydroxylation is 1. The Bertz CT molecular complexity index is 1500. The fraction of sp³-hybridized carbons (Fsp3) is 0.0769. The van der Waals surface area contributed by atoms with E-state index < -0.39 is 0 Å². The molecule has 0 aliphatic heterocycles. The Morgan fingerprint density at radius 2 is 1.69 bits per heavy atom. The smallest absolute Gasteiger partial charge is 0.323 e. The summed E-state index contributed by atoms with van der Waals surface area (Å²) in [4.78, 5) is 21.3. The number of aromatic nitrogens is 4. The SMILES string of the molecule is COc1ccc(NC(=O)Nc2cccc(Nc3ncnc4cc(-c5cnn(C)c5)ccc34)c2)cc1. The maximum Gasteiger partial charge on any atom is 0.323 e. The normalized spacial score (nSPS) is 10.7. The van der Waals surface area contributed by atoms with Crippen LogP contribution in [0.1, 0.15) is 0 Å². The minimum absolute atomic E-state index is 0.345. The van der Waals surface area contributed by atoms with Gasteiger partial charge in [-0.3, -0.25) is 4.68 Å². The highest BCUT2D eigenvalue weighted by atomic mass is 16.5. The minimum Gasteiger partial charge on any atom is -0.497 e. The second kappa shape index (κ2) is 9.52. The van der Waals surface area contributed by atoms with E-state index in [1.165, 1.54) is 6.33 Å². The number of rotatable bonds is 6. The number of hydrogen-bond donors (Lipinski definition) is 3. The molecule has 0 radical (unpaired) electrons. The fourth-order valence-electron chi connectivity index (χ4n) is 3.69. The molecule has 2 heterocycles. The average Bonchev–Trinajstić information content (AvgIpc) is 3.31. The van der Waals surface area contributed by atoms with Crippen molar-refractivity contribution in [3.05, 3.63) is 85.5 Å². The number of carbonyl (C=O) groups excluding carboxylic acids is 1. The van der Waals surface area contributed by atoms with Crippen molar-refractivity contribution in [1.82, 2.24) is 19.7 Å². The predicted octanol–water partition coefficient (Wildman–Crippen LogP) is 5.43. The summed E-state index contributed by atoms with van der Waals surface area (Å²) in [5.74, 6) is 1.40. The number of ether oxygens (including phenoxy) is 1. The molecule has 0 atom stereocenters. The van der Waals surface area contributed by atoms with Gasteiger partial charge in [0, 0.05) is 41.3 Å². The Labute approximate surface area is 201 Å². The third kappa shape index (κ3) is 5.03. The van der Waals surface area contributed by atoms with Crippen LogP contribution >= 0.6 is 0 Å². The quantitative estimate of drug-likeness (QED) is 0.309.